The molecule has 2 heterocycles. The van der Waals surface area contributed by atoms with E-state index in [1.807, 2.05) is 35.7 Å². The zero-order valence-corrected chi connectivity index (χ0v) is 16.6. The second kappa shape index (κ2) is 8.12. The SMILES string of the molecule is O=C(CSc1cccc(Cl)c1)N(Cc1cccs1)C1CCS(=O)(=O)C1. The number of benzene rings is 1. The Hall–Kier alpha value is -1.02. The molecule has 1 atom stereocenters. The fourth-order valence-corrected chi connectivity index (χ4v) is 6.33. The van der Waals surface area contributed by atoms with Gasteiger partial charge in [0, 0.05) is 20.8 Å². The van der Waals surface area contributed by atoms with Crippen LogP contribution in [0.3, 0.4) is 0 Å². The van der Waals surface area contributed by atoms with Crippen LogP contribution in [0.2, 0.25) is 5.02 Å². The first kappa shape index (κ1) is 18.8. The zero-order chi connectivity index (χ0) is 17.9. The van der Waals surface area contributed by atoms with Crippen molar-refractivity contribution in [3.05, 3.63) is 51.7 Å². The molecule has 4 nitrogen and oxygen atoms in total. The van der Waals surface area contributed by atoms with Gasteiger partial charge in [0.25, 0.3) is 0 Å². The fraction of sp³-hybridized carbons (Fsp3) is 0.353. The maximum atomic E-state index is 12.8. The summed E-state index contributed by atoms with van der Waals surface area (Å²) < 4.78 is 23.7. The highest BCUT2D eigenvalue weighted by Gasteiger charge is 2.34. The Bertz CT molecular complexity index is 837. The van der Waals surface area contributed by atoms with Crippen LogP contribution in [0.25, 0.3) is 0 Å². The zero-order valence-electron chi connectivity index (χ0n) is 13.4. The molecule has 1 aromatic carbocycles. The first-order chi connectivity index (χ1) is 11.9. The number of sulfone groups is 1. The number of carbonyl (C=O) groups excluding carboxylic acids is 1. The van der Waals surface area contributed by atoms with Crippen molar-refractivity contribution >= 4 is 50.4 Å². The number of hydrogen-bond acceptors (Lipinski definition) is 5. The highest BCUT2D eigenvalue weighted by Crippen LogP contribution is 2.25. The van der Waals surface area contributed by atoms with Gasteiger partial charge in [-0.05, 0) is 36.1 Å². The smallest absolute Gasteiger partial charge is 0.233 e. The molecule has 1 saturated heterocycles. The van der Waals surface area contributed by atoms with E-state index >= 15 is 0 Å². The highest BCUT2D eigenvalue weighted by molar-refractivity contribution is 8.00. The van der Waals surface area contributed by atoms with E-state index in [-0.39, 0.29) is 29.2 Å². The van der Waals surface area contributed by atoms with E-state index in [0.717, 1.165) is 9.77 Å². The van der Waals surface area contributed by atoms with E-state index in [4.69, 9.17) is 11.6 Å². The van der Waals surface area contributed by atoms with Crippen molar-refractivity contribution in [2.24, 2.45) is 0 Å². The third-order valence-electron chi connectivity index (χ3n) is 4.03. The summed E-state index contributed by atoms with van der Waals surface area (Å²) in [7, 11) is -3.04. The molecule has 1 amide bonds. The Morgan fingerprint density at radius 3 is 2.80 bits per heavy atom. The second-order valence-corrected chi connectivity index (χ2v) is 10.7. The van der Waals surface area contributed by atoms with E-state index in [0.29, 0.717) is 18.0 Å². The van der Waals surface area contributed by atoms with E-state index in [1.165, 1.54) is 11.8 Å². The maximum Gasteiger partial charge on any atom is 0.233 e. The molecule has 0 N–H and O–H groups in total. The summed E-state index contributed by atoms with van der Waals surface area (Å²) in [6, 6.07) is 11.0. The highest BCUT2D eigenvalue weighted by atomic mass is 35.5. The molecular weight excluding hydrogens is 398 g/mol. The van der Waals surface area contributed by atoms with Gasteiger partial charge in [-0.1, -0.05) is 23.7 Å². The lowest BCUT2D eigenvalue weighted by atomic mass is 10.2. The first-order valence-corrected chi connectivity index (χ1v) is 11.9. The summed E-state index contributed by atoms with van der Waals surface area (Å²) in [5.41, 5.74) is 0. The van der Waals surface area contributed by atoms with Crippen molar-refractivity contribution in [3.63, 3.8) is 0 Å². The van der Waals surface area contributed by atoms with Gasteiger partial charge in [-0.3, -0.25) is 4.79 Å². The molecule has 1 unspecified atom stereocenters. The van der Waals surface area contributed by atoms with Gasteiger partial charge in [-0.15, -0.1) is 23.1 Å². The van der Waals surface area contributed by atoms with Gasteiger partial charge in [-0.2, -0.15) is 0 Å². The summed E-state index contributed by atoms with van der Waals surface area (Å²) in [6.07, 6.45) is 0.515. The number of hydrogen-bond donors (Lipinski definition) is 0. The molecule has 0 saturated carbocycles. The van der Waals surface area contributed by atoms with Crippen LogP contribution in [-0.2, 0) is 21.2 Å². The van der Waals surface area contributed by atoms with Crippen molar-refractivity contribution in [2.75, 3.05) is 17.3 Å². The largest absolute Gasteiger partial charge is 0.333 e. The first-order valence-electron chi connectivity index (χ1n) is 7.83. The molecule has 3 rings (SSSR count). The number of nitrogens with zero attached hydrogens (tertiary/aromatic N) is 1. The minimum Gasteiger partial charge on any atom is -0.333 e. The molecule has 8 heteroatoms. The topological polar surface area (TPSA) is 54.5 Å². The monoisotopic (exact) mass is 415 g/mol. The third kappa shape index (κ3) is 5.23. The molecule has 0 spiro atoms. The standard InChI is InChI=1S/C17H18ClNO3S3/c18-13-3-1-4-15(9-13)24-11-17(20)19(10-16-5-2-7-23-16)14-6-8-25(21,22)12-14/h1-5,7,9,14H,6,8,10-12H2. The number of rotatable bonds is 6. The third-order valence-corrected chi connectivity index (χ3v) is 7.86. The summed E-state index contributed by atoms with van der Waals surface area (Å²) in [6.45, 7) is 0.465. The molecule has 1 aliphatic rings. The van der Waals surface area contributed by atoms with Gasteiger partial charge >= 0.3 is 0 Å². The lowest BCUT2D eigenvalue weighted by molar-refractivity contribution is -0.130. The van der Waals surface area contributed by atoms with Crippen molar-refractivity contribution in [2.45, 2.75) is 23.9 Å². The lowest BCUT2D eigenvalue weighted by Gasteiger charge is -2.28. The summed E-state index contributed by atoms with van der Waals surface area (Å²) in [5, 5.41) is 2.60. The minimum atomic E-state index is -3.04. The van der Waals surface area contributed by atoms with Crippen LogP contribution >= 0.6 is 34.7 Å². The van der Waals surface area contributed by atoms with Crippen molar-refractivity contribution in [3.8, 4) is 0 Å². The lowest BCUT2D eigenvalue weighted by Crippen LogP contribution is -2.41. The van der Waals surface area contributed by atoms with Gasteiger partial charge < -0.3 is 4.90 Å². The van der Waals surface area contributed by atoms with Crippen LogP contribution in [-0.4, -0.2) is 42.5 Å². The van der Waals surface area contributed by atoms with Crippen molar-refractivity contribution in [1.29, 1.82) is 0 Å². The molecule has 25 heavy (non-hydrogen) atoms. The Morgan fingerprint density at radius 1 is 1.32 bits per heavy atom. The number of carbonyl (C=O) groups is 1. The van der Waals surface area contributed by atoms with E-state index in [1.54, 1.807) is 22.3 Å². The van der Waals surface area contributed by atoms with Gasteiger partial charge in [0.15, 0.2) is 9.84 Å². The number of halogens is 1. The van der Waals surface area contributed by atoms with Gasteiger partial charge in [0.1, 0.15) is 0 Å². The number of thiophene rings is 1. The van der Waals surface area contributed by atoms with Crippen LogP contribution in [0.5, 0.6) is 0 Å². The Kier molecular flexibility index (Phi) is 6.09. The summed E-state index contributed by atoms with van der Waals surface area (Å²) in [5.74, 6) is 0.446. The average molecular weight is 416 g/mol. The molecule has 0 radical (unpaired) electrons. The predicted molar refractivity (Wildman–Crippen MR) is 104 cm³/mol. The minimum absolute atomic E-state index is 0.0412. The summed E-state index contributed by atoms with van der Waals surface area (Å²) in [4.78, 5) is 16.5. The Balaban J connectivity index is 1.70. The normalized spacial score (nSPS) is 19.0. The quantitative estimate of drug-likeness (QED) is 0.675. The average Bonchev–Trinajstić information content (AvgIpc) is 3.19. The molecule has 0 bridgehead atoms. The predicted octanol–water partition coefficient (Wildman–Crippen LogP) is 3.71. The molecule has 1 aromatic heterocycles. The number of amides is 1. The molecular formula is C17H18ClNO3S3. The summed E-state index contributed by atoms with van der Waals surface area (Å²) >= 11 is 8.98. The Labute approximate surface area is 161 Å². The van der Waals surface area contributed by atoms with Gasteiger partial charge in [0.05, 0.1) is 23.8 Å². The molecule has 1 aliphatic heterocycles. The van der Waals surface area contributed by atoms with Gasteiger partial charge in [0.2, 0.25) is 5.91 Å². The molecule has 2 aromatic rings. The maximum absolute atomic E-state index is 12.8. The van der Waals surface area contributed by atoms with Crippen molar-refractivity contribution < 1.29 is 13.2 Å². The number of thioether (sulfide) groups is 1. The molecule has 0 aliphatic carbocycles. The second-order valence-electron chi connectivity index (χ2n) is 5.90. The van der Waals surface area contributed by atoms with Crippen LogP contribution in [0.1, 0.15) is 11.3 Å². The van der Waals surface area contributed by atoms with E-state index < -0.39 is 9.84 Å². The van der Waals surface area contributed by atoms with Crippen molar-refractivity contribution in [1.82, 2.24) is 4.90 Å². The van der Waals surface area contributed by atoms with Gasteiger partial charge in [-0.25, -0.2) is 8.42 Å². The van der Waals surface area contributed by atoms with Crippen LogP contribution in [0.4, 0.5) is 0 Å². The van der Waals surface area contributed by atoms with E-state index in [9.17, 15) is 13.2 Å². The Morgan fingerprint density at radius 2 is 2.16 bits per heavy atom. The van der Waals surface area contributed by atoms with Crippen LogP contribution in [0, 0.1) is 0 Å². The van der Waals surface area contributed by atoms with E-state index in [2.05, 4.69) is 0 Å². The molecule has 134 valence electrons. The van der Waals surface area contributed by atoms with Crippen LogP contribution < -0.4 is 0 Å². The molecule has 1 fully saturated rings. The van der Waals surface area contributed by atoms with Crippen LogP contribution in [0.15, 0.2) is 46.7 Å². The fourth-order valence-electron chi connectivity index (χ4n) is 2.80.